The highest BCUT2D eigenvalue weighted by atomic mass is 32.1. The molecule has 7 nitrogen and oxygen atoms in total. The highest BCUT2D eigenvalue weighted by Gasteiger charge is 2.21. The van der Waals surface area contributed by atoms with Gasteiger partial charge in [0.2, 0.25) is 0 Å². The summed E-state index contributed by atoms with van der Waals surface area (Å²) in [6.07, 6.45) is 3.08. The van der Waals surface area contributed by atoms with Crippen molar-refractivity contribution in [2.75, 3.05) is 19.0 Å². The summed E-state index contributed by atoms with van der Waals surface area (Å²) >= 11 is 1.24. The summed E-state index contributed by atoms with van der Waals surface area (Å²) in [7, 11) is 1.52. The maximum atomic E-state index is 14.3. The molecule has 1 amide bonds. The van der Waals surface area contributed by atoms with Crippen molar-refractivity contribution in [2.45, 2.75) is 13.2 Å². The minimum Gasteiger partial charge on any atom is -0.492 e. The number of ether oxygens (including phenoxy) is 2. The van der Waals surface area contributed by atoms with E-state index in [0.717, 1.165) is 0 Å². The number of hydrogen-bond acceptors (Lipinski definition) is 6. The number of thiophene rings is 1. The summed E-state index contributed by atoms with van der Waals surface area (Å²) in [5.74, 6) is -0.0625. The summed E-state index contributed by atoms with van der Waals surface area (Å²) in [5, 5.41) is 7.32. The lowest BCUT2D eigenvalue weighted by molar-refractivity contribution is 0.102. The fourth-order valence-electron chi connectivity index (χ4n) is 3.09. The highest BCUT2D eigenvalue weighted by molar-refractivity contribution is 7.21. The molecule has 4 rings (SSSR count). The molecule has 2 aromatic heterocycles. The van der Waals surface area contributed by atoms with Gasteiger partial charge in [-0.05, 0) is 24.3 Å². The van der Waals surface area contributed by atoms with Crippen LogP contribution in [0.25, 0.3) is 10.1 Å². The molecule has 0 aliphatic rings. The first-order chi connectivity index (χ1) is 14.7. The highest BCUT2D eigenvalue weighted by Crippen LogP contribution is 2.34. The first kappa shape index (κ1) is 20.0. The zero-order chi connectivity index (χ0) is 20.9. The molecular weight excluding hydrogens is 407 g/mol. The number of rotatable bonds is 8. The number of aromatic nitrogens is 3. The van der Waals surface area contributed by atoms with E-state index < -0.39 is 0 Å². The molecule has 0 atom stereocenters. The Kier molecular flexibility index (Phi) is 6.01. The molecule has 2 aromatic carbocycles. The second-order valence-electron chi connectivity index (χ2n) is 6.44. The number of carbonyl (C=O) groups excluding carboxylic acids is 1. The third-order valence-electron chi connectivity index (χ3n) is 4.41. The van der Waals surface area contributed by atoms with Crippen molar-refractivity contribution < 1.29 is 18.7 Å². The third-order valence-corrected chi connectivity index (χ3v) is 5.60. The molecule has 9 heteroatoms. The van der Waals surface area contributed by atoms with Gasteiger partial charge in [-0.2, -0.15) is 5.10 Å². The monoisotopic (exact) mass is 426 g/mol. The van der Waals surface area contributed by atoms with Crippen molar-refractivity contribution in [1.82, 2.24) is 14.8 Å². The second-order valence-corrected chi connectivity index (χ2v) is 7.50. The van der Waals surface area contributed by atoms with Crippen LogP contribution in [0, 0.1) is 5.82 Å². The molecule has 0 saturated heterocycles. The van der Waals surface area contributed by atoms with E-state index in [9.17, 15) is 9.18 Å². The van der Waals surface area contributed by atoms with E-state index >= 15 is 0 Å². The molecule has 0 aliphatic carbocycles. The maximum Gasteiger partial charge on any atom is 0.266 e. The van der Waals surface area contributed by atoms with E-state index in [1.165, 1.54) is 30.8 Å². The Morgan fingerprint density at radius 1 is 1.27 bits per heavy atom. The van der Waals surface area contributed by atoms with E-state index in [1.807, 2.05) is 6.07 Å². The predicted molar refractivity (Wildman–Crippen MR) is 112 cm³/mol. The summed E-state index contributed by atoms with van der Waals surface area (Å²) in [6, 6.07) is 11.9. The van der Waals surface area contributed by atoms with Crippen LogP contribution in [0.3, 0.4) is 0 Å². The van der Waals surface area contributed by atoms with Crippen LogP contribution in [0.15, 0.2) is 55.1 Å². The van der Waals surface area contributed by atoms with Gasteiger partial charge in [0.1, 0.15) is 30.8 Å². The molecule has 2 heterocycles. The molecule has 0 spiro atoms. The molecular formula is C21H19FN4O3S. The Morgan fingerprint density at radius 2 is 2.13 bits per heavy atom. The zero-order valence-corrected chi connectivity index (χ0v) is 17.0. The number of fused-ring (bicyclic) bond motifs is 1. The quantitative estimate of drug-likeness (QED) is 0.459. The SMILES string of the molecule is COCc1c(C(=O)Nc2cccc(OCCn3cncn3)c2)sc2cccc(F)c12. The van der Waals surface area contributed by atoms with Gasteiger partial charge in [0.25, 0.3) is 5.91 Å². The number of carbonyl (C=O) groups is 1. The number of hydrogen-bond donors (Lipinski definition) is 1. The Morgan fingerprint density at radius 3 is 2.93 bits per heavy atom. The summed E-state index contributed by atoms with van der Waals surface area (Å²) in [6.45, 7) is 1.12. The van der Waals surface area contributed by atoms with Crippen LogP contribution in [0.4, 0.5) is 10.1 Å². The molecule has 0 radical (unpaired) electrons. The Bertz CT molecular complexity index is 1160. The van der Waals surface area contributed by atoms with E-state index in [1.54, 1.807) is 41.3 Å². The topological polar surface area (TPSA) is 78.3 Å². The number of anilines is 1. The van der Waals surface area contributed by atoms with Gasteiger partial charge in [0, 0.05) is 34.5 Å². The van der Waals surface area contributed by atoms with E-state index in [2.05, 4.69) is 15.4 Å². The van der Waals surface area contributed by atoms with E-state index in [4.69, 9.17) is 9.47 Å². The lowest BCUT2D eigenvalue weighted by atomic mass is 10.1. The number of halogens is 1. The first-order valence-electron chi connectivity index (χ1n) is 9.21. The maximum absolute atomic E-state index is 14.3. The zero-order valence-electron chi connectivity index (χ0n) is 16.2. The average Bonchev–Trinajstić information content (AvgIpc) is 3.37. The van der Waals surface area contributed by atoms with Gasteiger partial charge in [-0.25, -0.2) is 14.1 Å². The standard InChI is InChI=1S/C21H19FN4O3S/c1-28-11-16-19-17(22)6-3-7-18(19)30-20(16)21(27)25-14-4-2-5-15(10-14)29-9-8-26-13-23-12-24-26/h2-7,10,12-13H,8-9,11H2,1H3,(H,25,27). The molecule has 0 saturated carbocycles. The van der Waals surface area contributed by atoms with Crippen LogP contribution in [0.1, 0.15) is 15.2 Å². The molecule has 0 unspecified atom stereocenters. The Labute approximate surface area is 176 Å². The number of benzene rings is 2. The number of methoxy groups -OCH3 is 1. The normalized spacial score (nSPS) is 11.0. The van der Waals surface area contributed by atoms with Gasteiger partial charge >= 0.3 is 0 Å². The van der Waals surface area contributed by atoms with E-state index in [0.29, 0.717) is 45.1 Å². The first-order valence-corrected chi connectivity index (χ1v) is 10.0. The smallest absolute Gasteiger partial charge is 0.266 e. The van der Waals surface area contributed by atoms with Crippen LogP contribution in [-0.2, 0) is 17.9 Å². The van der Waals surface area contributed by atoms with Crippen molar-refractivity contribution in [3.8, 4) is 5.75 Å². The van der Waals surface area contributed by atoms with Crippen LogP contribution in [-0.4, -0.2) is 34.4 Å². The van der Waals surface area contributed by atoms with Crippen LogP contribution >= 0.6 is 11.3 Å². The van der Waals surface area contributed by atoms with E-state index in [-0.39, 0.29) is 18.3 Å². The second kappa shape index (κ2) is 9.02. The lowest BCUT2D eigenvalue weighted by Gasteiger charge is -2.10. The molecule has 154 valence electrons. The summed E-state index contributed by atoms with van der Waals surface area (Å²) < 4.78 is 27.7. The van der Waals surface area contributed by atoms with Gasteiger partial charge < -0.3 is 14.8 Å². The Hall–Kier alpha value is -3.30. The van der Waals surface area contributed by atoms with Crippen molar-refractivity contribution in [1.29, 1.82) is 0 Å². The van der Waals surface area contributed by atoms with Crippen LogP contribution in [0.2, 0.25) is 0 Å². The van der Waals surface area contributed by atoms with Crippen molar-refractivity contribution in [3.63, 3.8) is 0 Å². The fourth-order valence-corrected chi connectivity index (χ4v) is 4.21. The molecule has 30 heavy (non-hydrogen) atoms. The molecule has 0 aliphatic heterocycles. The van der Waals surface area contributed by atoms with Gasteiger partial charge in [0.05, 0.1) is 18.0 Å². The largest absolute Gasteiger partial charge is 0.492 e. The third kappa shape index (κ3) is 4.32. The predicted octanol–water partition coefficient (Wildman–Crippen LogP) is 4.11. The minimum atomic E-state index is -0.363. The molecule has 0 bridgehead atoms. The number of amides is 1. The van der Waals surface area contributed by atoms with Crippen LogP contribution in [0.5, 0.6) is 5.75 Å². The van der Waals surface area contributed by atoms with Crippen molar-refractivity contribution >= 4 is 33.0 Å². The minimum absolute atomic E-state index is 0.148. The number of nitrogens with zero attached hydrogens (tertiary/aromatic N) is 3. The van der Waals surface area contributed by atoms with Gasteiger partial charge in [0.15, 0.2) is 0 Å². The van der Waals surface area contributed by atoms with Crippen molar-refractivity contribution in [2.24, 2.45) is 0 Å². The molecule has 1 N–H and O–H groups in total. The van der Waals surface area contributed by atoms with Gasteiger partial charge in [-0.15, -0.1) is 11.3 Å². The lowest BCUT2D eigenvalue weighted by Crippen LogP contribution is -2.13. The summed E-state index contributed by atoms with van der Waals surface area (Å²) in [4.78, 5) is 17.2. The molecule has 4 aromatic rings. The summed E-state index contributed by atoms with van der Waals surface area (Å²) in [5.41, 5.74) is 1.13. The van der Waals surface area contributed by atoms with Gasteiger partial charge in [-0.3, -0.25) is 4.79 Å². The van der Waals surface area contributed by atoms with Gasteiger partial charge in [-0.1, -0.05) is 12.1 Å². The number of nitrogens with one attached hydrogen (secondary N) is 1. The average molecular weight is 426 g/mol. The van der Waals surface area contributed by atoms with Crippen molar-refractivity contribution in [3.05, 3.63) is 71.4 Å². The molecule has 0 fully saturated rings. The Balaban J connectivity index is 1.50. The van der Waals surface area contributed by atoms with Crippen LogP contribution < -0.4 is 10.1 Å². The fraction of sp³-hybridized carbons (Fsp3) is 0.190.